The molecule has 1 fully saturated rings. The van der Waals surface area contributed by atoms with Gasteiger partial charge in [0.25, 0.3) is 0 Å². The summed E-state index contributed by atoms with van der Waals surface area (Å²) in [5.74, 6) is 2.98. The second kappa shape index (κ2) is 9.22. The van der Waals surface area contributed by atoms with E-state index < -0.39 is 0 Å². The summed E-state index contributed by atoms with van der Waals surface area (Å²) >= 11 is 0. The first-order chi connectivity index (χ1) is 14.6. The van der Waals surface area contributed by atoms with E-state index in [4.69, 9.17) is 14.7 Å². The Morgan fingerprint density at radius 2 is 1.97 bits per heavy atom. The van der Waals surface area contributed by atoms with Gasteiger partial charge in [0.1, 0.15) is 11.6 Å². The number of piperidine rings is 1. The maximum atomic E-state index is 5.28. The van der Waals surface area contributed by atoms with E-state index in [9.17, 15) is 0 Å². The monoisotopic (exact) mass is 403 g/mol. The first-order valence-corrected chi connectivity index (χ1v) is 10.4. The topological polar surface area (TPSA) is 54.4 Å². The minimum Gasteiger partial charge on any atom is -0.497 e. The molecule has 0 spiro atoms. The second-order valence-corrected chi connectivity index (χ2v) is 8.03. The van der Waals surface area contributed by atoms with E-state index in [-0.39, 0.29) is 0 Å². The van der Waals surface area contributed by atoms with E-state index in [0.29, 0.717) is 5.92 Å². The lowest BCUT2D eigenvalue weighted by molar-refractivity contribution is 0.198. The minimum absolute atomic E-state index is 0.397. The number of aromatic nitrogens is 3. The number of rotatable bonds is 6. The summed E-state index contributed by atoms with van der Waals surface area (Å²) in [6.45, 7) is 3.06. The van der Waals surface area contributed by atoms with Crippen molar-refractivity contribution in [3.8, 4) is 17.1 Å². The normalized spacial score (nSPS) is 17.0. The van der Waals surface area contributed by atoms with Crippen LogP contribution >= 0.6 is 0 Å². The van der Waals surface area contributed by atoms with Crippen LogP contribution in [0.2, 0.25) is 0 Å². The highest BCUT2D eigenvalue weighted by Gasteiger charge is 2.24. The van der Waals surface area contributed by atoms with E-state index in [1.165, 1.54) is 12.0 Å². The van der Waals surface area contributed by atoms with Crippen molar-refractivity contribution >= 4 is 5.82 Å². The average molecular weight is 404 g/mol. The van der Waals surface area contributed by atoms with Crippen LogP contribution in [0.15, 0.2) is 54.9 Å². The Bertz CT molecular complexity index is 959. The Kier molecular flexibility index (Phi) is 6.23. The fraction of sp³-hybridized carbons (Fsp3) is 0.375. The van der Waals surface area contributed by atoms with Crippen molar-refractivity contribution in [1.29, 1.82) is 0 Å². The standard InChI is InChI=1S/C24H29N5O/c1-28(2)23-14-22(26-24(27-23)19-6-4-12-25-15-19)20-7-5-13-29(17-20)16-18-8-10-21(30-3)11-9-18/h4,6,8-12,14-15,20H,5,7,13,16-17H2,1-3H3/t20-/m1/s1. The van der Waals surface area contributed by atoms with Gasteiger partial charge in [-0.1, -0.05) is 12.1 Å². The molecular weight excluding hydrogens is 374 g/mol. The van der Waals surface area contributed by atoms with E-state index in [1.54, 1.807) is 13.3 Å². The number of hydrogen-bond donors (Lipinski definition) is 0. The summed E-state index contributed by atoms with van der Waals surface area (Å²) in [6, 6.07) is 14.5. The van der Waals surface area contributed by atoms with Crippen molar-refractivity contribution in [3.63, 3.8) is 0 Å². The highest BCUT2D eigenvalue weighted by Crippen LogP contribution is 2.30. The molecule has 1 aliphatic rings. The minimum atomic E-state index is 0.397. The van der Waals surface area contributed by atoms with Crippen LogP contribution in [0.3, 0.4) is 0 Å². The van der Waals surface area contributed by atoms with Gasteiger partial charge in [0.15, 0.2) is 5.82 Å². The molecule has 3 heterocycles. The van der Waals surface area contributed by atoms with Crippen molar-refractivity contribution in [3.05, 3.63) is 66.1 Å². The zero-order valence-corrected chi connectivity index (χ0v) is 18.0. The van der Waals surface area contributed by atoms with Crippen molar-refractivity contribution in [1.82, 2.24) is 19.9 Å². The molecule has 0 N–H and O–H groups in total. The highest BCUT2D eigenvalue weighted by atomic mass is 16.5. The Labute approximate surface area is 178 Å². The van der Waals surface area contributed by atoms with Gasteiger partial charge in [0.05, 0.1) is 12.8 Å². The molecule has 1 saturated heterocycles. The molecule has 30 heavy (non-hydrogen) atoms. The van der Waals surface area contributed by atoms with Crippen LogP contribution in [0.5, 0.6) is 5.75 Å². The quantitative estimate of drug-likeness (QED) is 0.620. The van der Waals surface area contributed by atoms with E-state index in [2.05, 4.69) is 28.1 Å². The number of anilines is 1. The van der Waals surface area contributed by atoms with Crippen LogP contribution in [0.1, 0.15) is 30.0 Å². The number of nitrogens with zero attached hydrogens (tertiary/aromatic N) is 5. The SMILES string of the molecule is COc1ccc(CN2CCC[C@@H](c3cc(N(C)C)nc(-c4cccnc4)n3)C2)cc1. The van der Waals surface area contributed by atoms with Crippen LogP contribution in [-0.4, -0.2) is 54.1 Å². The molecule has 0 unspecified atom stereocenters. The van der Waals surface area contributed by atoms with E-state index in [1.807, 2.05) is 49.5 Å². The van der Waals surface area contributed by atoms with Crippen molar-refractivity contribution in [2.24, 2.45) is 0 Å². The second-order valence-electron chi connectivity index (χ2n) is 8.03. The van der Waals surface area contributed by atoms with Crippen LogP contribution in [0.25, 0.3) is 11.4 Å². The number of ether oxygens (including phenoxy) is 1. The van der Waals surface area contributed by atoms with Crippen LogP contribution in [-0.2, 0) is 6.54 Å². The molecule has 4 rings (SSSR count). The van der Waals surface area contributed by atoms with E-state index in [0.717, 1.165) is 54.7 Å². The van der Waals surface area contributed by atoms with Crippen LogP contribution < -0.4 is 9.64 Å². The molecule has 0 aliphatic carbocycles. The molecule has 0 bridgehead atoms. The molecule has 1 aliphatic heterocycles. The van der Waals surface area contributed by atoms with Gasteiger partial charge in [-0.05, 0) is 49.2 Å². The van der Waals surface area contributed by atoms with Gasteiger partial charge in [-0.15, -0.1) is 0 Å². The lowest BCUT2D eigenvalue weighted by Crippen LogP contribution is -2.34. The molecule has 156 valence electrons. The number of benzene rings is 1. The third-order valence-corrected chi connectivity index (χ3v) is 5.60. The van der Waals surface area contributed by atoms with Gasteiger partial charge in [-0.3, -0.25) is 9.88 Å². The molecule has 0 saturated carbocycles. The number of methoxy groups -OCH3 is 1. The lowest BCUT2D eigenvalue weighted by atomic mass is 9.94. The van der Waals surface area contributed by atoms with Gasteiger partial charge >= 0.3 is 0 Å². The fourth-order valence-electron chi connectivity index (χ4n) is 3.94. The third-order valence-electron chi connectivity index (χ3n) is 5.60. The molecule has 6 nitrogen and oxygen atoms in total. The predicted octanol–water partition coefficient (Wildman–Crippen LogP) is 3.99. The fourth-order valence-corrected chi connectivity index (χ4v) is 3.94. The molecule has 0 amide bonds. The van der Waals surface area contributed by atoms with Crippen molar-refractivity contribution in [2.75, 3.05) is 39.2 Å². The Morgan fingerprint density at radius 1 is 1.13 bits per heavy atom. The lowest BCUT2D eigenvalue weighted by Gasteiger charge is -2.33. The molecule has 0 radical (unpaired) electrons. The largest absolute Gasteiger partial charge is 0.497 e. The maximum Gasteiger partial charge on any atom is 0.163 e. The number of likely N-dealkylation sites (tertiary alicyclic amines) is 1. The summed E-state index contributed by atoms with van der Waals surface area (Å²) in [7, 11) is 5.75. The van der Waals surface area contributed by atoms with Gasteiger partial charge in [-0.2, -0.15) is 0 Å². The summed E-state index contributed by atoms with van der Waals surface area (Å²) in [6.07, 6.45) is 5.92. The molecular formula is C24H29N5O. The van der Waals surface area contributed by atoms with Crippen LogP contribution in [0.4, 0.5) is 5.82 Å². The predicted molar refractivity (Wildman–Crippen MR) is 120 cm³/mol. The van der Waals surface area contributed by atoms with Crippen molar-refractivity contribution < 1.29 is 4.74 Å². The van der Waals surface area contributed by atoms with Gasteiger partial charge in [0.2, 0.25) is 0 Å². The highest BCUT2D eigenvalue weighted by molar-refractivity contribution is 5.56. The smallest absolute Gasteiger partial charge is 0.163 e. The van der Waals surface area contributed by atoms with Gasteiger partial charge < -0.3 is 9.64 Å². The summed E-state index contributed by atoms with van der Waals surface area (Å²) in [5.41, 5.74) is 3.38. The molecule has 2 aromatic heterocycles. The number of hydrogen-bond acceptors (Lipinski definition) is 6. The Hall–Kier alpha value is -2.99. The maximum absolute atomic E-state index is 5.28. The first-order valence-electron chi connectivity index (χ1n) is 10.4. The number of pyridine rings is 1. The molecule has 6 heteroatoms. The van der Waals surface area contributed by atoms with Gasteiger partial charge in [0, 0.05) is 57.1 Å². The van der Waals surface area contributed by atoms with E-state index >= 15 is 0 Å². The third kappa shape index (κ3) is 4.76. The average Bonchev–Trinajstić information content (AvgIpc) is 2.80. The molecule has 1 aromatic carbocycles. The Balaban J connectivity index is 1.55. The Morgan fingerprint density at radius 3 is 2.67 bits per heavy atom. The summed E-state index contributed by atoms with van der Waals surface area (Å²) in [4.78, 5) is 18.5. The van der Waals surface area contributed by atoms with Gasteiger partial charge in [-0.25, -0.2) is 9.97 Å². The zero-order chi connectivity index (χ0) is 20.9. The summed E-state index contributed by atoms with van der Waals surface area (Å²) in [5, 5.41) is 0. The first kappa shape index (κ1) is 20.3. The zero-order valence-electron chi connectivity index (χ0n) is 18.0. The molecule has 3 aromatic rings. The summed E-state index contributed by atoms with van der Waals surface area (Å²) < 4.78 is 5.28. The van der Waals surface area contributed by atoms with Crippen LogP contribution in [0, 0.1) is 0 Å². The molecule has 1 atom stereocenters. The van der Waals surface area contributed by atoms with Crippen molar-refractivity contribution in [2.45, 2.75) is 25.3 Å².